The second-order valence-electron chi connectivity index (χ2n) is 6.75. The van der Waals surface area contributed by atoms with Crippen LogP contribution >= 0.6 is 0 Å². The number of nitro benzene ring substituents is 1. The first-order valence-corrected chi connectivity index (χ1v) is 7.36. The molecule has 2 atom stereocenters. The Labute approximate surface area is 125 Å². The van der Waals surface area contributed by atoms with Gasteiger partial charge in [-0.1, -0.05) is 45.4 Å². The summed E-state index contributed by atoms with van der Waals surface area (Å²) < 4.78 is 0. The van der Waals surface area contributed by atoms with Crippen LogP contribution in [0.4, 0.5) is 5.69 Å². The lowest BCUT2D eigenvalue weighted by Crippen LogP contribution is -2.21. The summed E-state index contributed by atoms with van der Waals surface area (Å²) in [4.78, 5) is 10.6. The van der Waals surface area contributed by atoms with Crippen molar-refractivity contribution in [3.63, 3.8) is 0 Å². The average Bonchev–Trinajstić information content (AvgIpc) is 2.57. The molecule has 0 heterocycles. The van der Waals surface area contributed by atoms with Crippen LogP contribution in [0.2, 0.25) is 0 Å². The molecule has 1 N–H and O–H groups in total. The van der Waals surface area contributed by atoms with Crippen LogP contribution in [0.25, 0.3) is 6.08 Å². The van der Waals surface area contributed by atoms with E-state index in [0.717, 1.165) is 23.1 Å². The number of non-ortho nitro benzene ring substituents is 1. The first-order chi connectivity index (χ1) is 9.76. The number of aliphatic hydroxyl groups excluding tert-OH is 1. The Morgan fingerprint density at radius 3 is 2.62 bits per heavy atom. The molecule has 4 nitrogen and oxygen atoms in total. The van der Waals surface area contributed by atoms with E-state index in [0.29, 0.717) is 11.8 Å². The van der Waals surface area contributed by atoms with Gasteiger partial charge in [-0.05, 0) is 29.4 Å². The van der Waals surface area contributed by atoms with Gasteiger partial charge in [-0.15, -0.1) is 0 Å². The zero-order valence-corrected chi connectivity index (χ0v) is 13.1. The molecule has 1 aromatic rings. The lowest BCUT2D eigenvalue weighted by Gasteiger charge is -2.28. The topological polar surface area (TPSA) is 63.4 Å². The fourth-order valence-electron chi connectivity index (χ4n) is 2.87. The maximum absolute atomic E-state index is 11.0. The van der Waals surface area contributed by atoms with E-state index in [4.69, 9.17) is 0 Å². The van der Waals surface area contributed by atoms with Crippen molar-refractivity contribution in [1.29, 1.82) is 0 Å². The molecule has 1 aliphatic carbocycles. The van der Waals surface area contributed by atoms with Gasteiger partial charge in [0.1, 0.15) is 0 Å². The highest BCUT2D eigenvalue weighted by Gasteiger charge is 2.30. The number of fused-ring (bicyclic) bond motifs is 1. The molecule has 1 aromatic carbocycles. The van der Waals surface area contributed by atoms with Gasteiger partial charge in [-0.3, -0.25) is 10.1 Å². The Morgan fingerprint density at radius 2 is 2.05 bits per heavy atom. The summed E-state index contributed by atoms with van der Waals surface area (Å²) in [6.07, 6.45) is 2.94. The fourth-order valence-corrected chi connectivity index (χ4v) is 2.87. The molecule has 0 aliphatic heterocycles. The molecule has 114 valence electrons. The summed E-state index contributed by atoms with van der Waals surface area (Å²) in [5.74, 6) is 0.772. The summed E-state index contributed by atoms with van der Waals surface area (Å²) in [6.45, 7) is 8.46. The Morgan fingerprint density at radius 1 is 1.38 bits per heavy atom. The summed E-state index contributed by atoms with van der Waals surface area (Å²) in [5, 5.41) is 20.6. The second kappa shape index (κ2) is 5.60. The summed E-state index contributed by atoms with van der Waals surface area (Å²) in [6, 6.07) is 5.11. The van der Waals surface area contributed by atoms with Gasteiger partial charge in [0.2, 0.25) is 0 Å². The van der Waals surface area contributed by atoms with Crippen molar-refractivity contribution < 1.29 is 10.0 Å². The van der Waals surface area contributed by atoms with Crippen molar-refractivity contribution in [3.05, 3.63) is 45.0 Å². The van der Waals surface area contributed by atoms with Gasteiger partial charge in [0.25, 0.3) is 5.69 Å². The van der Waals surface area contributed by atoms with Gasteiger partial charge in [0, 0.05) is 17.5 Å². The molecule has 21 heavy (non-hydrogen) atoms. The van der Waals surface area contributed by atoms with Gasteiger partial charge in [-0.2, -0.15) is 0 Å². The number of hydrogen-bond donors (Lipinski definition) is 1. The van der Waals surface area contributed by atoms with Crippen molar-refractivity contribution >= 4 is 11.8 Å². The van der Waals surface area contributed by atoms with E-state index in [2.05, 4.69) is 13.8 Å². The first-order valence-electron chi connectivity index (χ1n) is 7.36. The summed E-state index contributed by atoms with van der Waals surface area (Å²) >= 11 is 0. The van der Waals surface area contributed by atoms with Crippen molar-refractivity contribution in [2.24, 2.45) is 11.3 Å². The maximum Gasteiger partial charge on any atom is 0.270 e. The van der Waals surface area contributed by atoms with Crippen LogP contribution in [0.5, 0.6) is 0 Å². The first kappa shape index (κ1) is 15.7. The Bertz CT molecular complexity index is 590. The minimum Gasteiger partial charge on any atom is -0.395 e. The Balaban J connectivity index is 2.59. The van der Waals surface area contributed by atoms with Crippen molar-refractivity contribution in [2.45, 2.75) is 40.0 Å². The second-order valence-corrected chi connectivity index (χ2v) is 6.75. The van der Waals surface area contributed by atoms with Gasteiger partial charge >= 0.3 is 0 Å². The molecule has 0 amide bonds. The number of benzene rings is 1. The third-order valence-corrected chi connectivity index (χ3v) is 4.76. The van der Waals surface area contributed by atoms with Crippen molar-refractivity contribution in [2.75, 3.05) is 6.61 Å². The molecule has 2 unspecified atom stereocenters. The third-order valence-electron chi connectivity index (χ3n) is 4.76. The summed E-state index contributed by atoms with van der Waals surface area (Å²) in [7, 11) is 0. The number of rotatable bonds is 3. The van der Waals surface area contributed by atoms with Crippen LogP contribution in [-0.2, 0) is 0 Å². The van der Waals surface area contributed by atoms with Crippen molar-refractivity contribution in [3.8, 4) is 0 Å². The third kappa shape index (κ3) is 3.00. The Kier molecular flexibility index (Phi) is 4.19. The van der Waals surface area contributed by atoms with Crippen LogP contribution in [0, 0.1) is 21.4 Å². The molecule has 4 heteroatoms. The molecule has 0 saturated carbocycles. The number of nitrogens with zero attached hydrogens (tertiary/aromatic N) is 1. The van der Waals surface area contributed by atoms with E-state index in [9.17, 15) is 15.2 Å². The summed E-state index contributed by atoms with van der Waals surface area (Å²) in [5.41, 5.74) is 3.03. The van der Waals surface area contributed by atoms with E-state index in [-0.39, 0.29) is 22.6 Å². The minimum atomic E-state index is -0.357. The highest BCUT2D eigenvalue weighted by molar-refractivity contribution is 5.63. The smallest absolute Gasteiger partial charge is 0.270 e. The van der Waals surface area contributed by atoms with E-state index in [1.165, 1.54) is 0 Å². The molecular weight excluding hydrogens is 266 g/mol. The quantitative estimate of drug-likeness (QED) is 0.672. The van der Waals surface area contributed by atoms with E-state index >= 15 is 0 Å². The lowest BCUT2D eigenvalue weighted by atomic mass is 9.78. The van der Waals surface area contributed by atoms with Crippen LogP contribution in [0.1, 0.15) is 51.2 Å². The highest BCUT2D eigenvalue weighted by Crippen LogP contribution is 2.42. The largest absolute Gasteiger partial charge is 0.395 e. The molecule has 0 bridgehead atoms. The van der Waals surface area contributed by atoms with E-state index in [1.807, 2.05) is 26.0 Å². The van der Waals surface area contributed by atoms with Gasteiger partial charge < -0.3 is 5.11 Å². The highest BCUT2D eigenvalue weighted by atomic mass is 16.6. The number of nitro groups is 1. The predicted octanol–water partition coefficient (Wildman–Crippen LogP) is 4.14. The SMILES string of the molecule is CC1CC(C(C)(C)CO)=Cc2cc([N+](=O)[O-])ccc2C1C. The molecule has 0 fully saturated rings. The lowest BCUT2D eigenvalue weighted by molar-refractivity contribution is -0.384. The van der Waals surface area contributed by atoms with Crippen LogP contribution in [0.3, 0.4) is 0 Å². The zero-order valence-electron chi connectivity index (χ0n) is 13.1. The molecule has 0 spiro atoms. The van der Waals surface area contributed by atoms with Crippen molar-refractivity contribution in [1.82, 2.24) is 0 Å². The number of aliphatic hydroxyl groups is 1. The zero-order chi connectivity index (χ0) is 15.8. The van der Waals surface area contributed by atoms with Gasteiger partial charge in [0.05, 0.1) is 11.5 Å². The molecule has 0 radical (unpaired) electrons. The molecular formula is C17H23NO3. The molecule has 0 saturated heterocycles. The van der Waals surface area contributed by atoms with Crippen LogP contribution in [-0.4, -0.2) is 16.6 Å². The molecule has 0 aromatic heterocycles. The van der Waals surface area contributed by atoms with E-state index < -0.39 is 0 Å². The standard InChI is InChI=1S/C17H23NO3/c1-11-7-14(17(3,4)10-19)8-13-9-15(18(20)21)5-6-16(13)12(11)2/h5-6,8-9,11-12,19H,7,10H2,1-4H3. The minimum absolute atomic E-state index is 0.0736. The molecule has 1 aliphatic rings. The van der Waals surface area contributed by atoms with E-state index in [1.54, 1.807) is 12.1 Å². The van der Waals surface area contributed by atoms with Gasteiger partial charge in [0.15, 0.2) is 0 Å². The van der Waals surface area contributed by atoms with Crippen LogP contribution in [0.15, 0.2) is 23.8 Å². The average molecular weight is 289 g/mol. The maximum atomic E-state index is 11.0. The molecule has 2 rings (SSSR count). The predicted molar refractivity (Wildman–Crippen MR) is 84.1 cm³/mol. The monoisotopic (exact) mass is 289 g/mol. The van der Waals surface area contributed by atoms with Crippen LogP contribution < -0.4 is 0 Å². The Hall–Kier alpha value is -1.68. The fraction of sp³-hybridized carbons (Fsp3) is 0.529. The number of hydrogen-bond acceptors (Lipinski definition) is 3. The normalized spacial score (nSPS) is 22.2. The van der Waals surface area contributed by atoms with Gasteiger partial charge in [-0.25, -0.2) is 0 Å².